The Morgan fingerprint density at radius 2 is 2.00 bits per heavy atom. The first kappa shape index (κ1) is 15.8. The number of hydrogen-bond acceptors (Lipinski definition) is 3. The number of aromatic nitrogens is 1. The van der Waals surface area contributed by atoms with Gasteiger partial charge in [0.1, 0.15) is 0 Å². The fraction of sp³-hybridized carbons (Fsp3) is 0.400. The number of halogens is 2. The van der Waals surface area contributed by atoms with E-state index < -0.39 is 0 Å². The van der Waals surface area contributed by atoms with E-state index in [1.54, 1.807) is 11.3 Å². The molecule has 0 aliphatic rings. The highest BCUT2D eigenvalue weighted by Gasteiger charge is 2.12. The molecule has 0 aliphatic carbocycles. The average molecular weight is 329 g/mol. The standard InChI is InChI=1S/C15H18Cl2N2S/c1-3-7-18-10(2)14-9-19-15(20-14)8-11-12(16)5-4-6-13(11)17/h4-6,9-10,18H,3,7-8H2,1-2H3. The van der Waals surface area contributed by atoms with E-state index in [1.807, 2.05) is 24.4 Å². The van der Waals surface area contributed by atoms with Crippen molar-refractivity contribution in [3.63, 3.8) is 0 Å². The second-order valence-electron chi connectivity index (χ2n) is 4.71. The summed E-state index contributed by atoms with van der Waals surface area (Å²) in [5.74, 6) is 0. The van der Waals surface area contributed by atoms with E-state index in [4.69, 9.17) is 23.2 Å². The quantitative estimate of drug-likeness (QED) is 0.797. The van der Waals surface area contributed by atoms with Gasteiger partial charge in [0.2, 0.25) is 0 Å². The van der Waals surface area contributed by atoms with E-state index in [1.165, 1.54) is 4.88 Å². The van der Waals surface area contributed by atoms with Crippen molar-refractivity contribution in [2.45, 2.75) is 32.7 Å². The molecular weight excluding hydrogens is 311 g/mol. The number of benzene rings is 1. The molecule has 0 bridgehead atoms. The molecule has 5 heteroatoms. The van der Waals surface area contributed by atoms with Crippen LogP contribution in [0.2, 0.25) is 10.0 Å². The summed E-state index contributed by atoms with van der Waals surface area (Å²) in [5, 5.41) is 5.91. The zero-order chi connectivity index (χ0) is 14.5. The lowest BCUT2D eigenvalue weighted by molar-refractivity contribution is 0.577. The Labute approximate surface area is 134 Å². The zero-order valence-electron chi connectivity index (χ0n) is 11.6. The topological polar surface area (TPSA) is 24.9 Å². The molecule has 0 saturated carbocycles. The fourth-order valence-electron chi connectivity index (χ4n) is 1.92. The molecule has 0 radical (unpaired) electrons. The van der Waals surface area contributed by atoms with Crippen LogP contribution in [0.5, 0.6) is 0 Å². The predicted molar refractivity (Wildman–Crippen MR) is 88.1 cm³/mol. The summed E-state index contributed by atoms with van der Waals surface area (Å²) in [6, 6.07) is 5.92. The van der Waals surface area contributed by atoms with Crippen LogP contribution in [0.4, 0.5) is 0 Å². The van der Waals surface area contributed by atoms with Gasteiger partial charge in [-0.3, -0.25) is 0 Å². The maximum absolute atomic E-state index is 6.20. The highest BCUT2D eigenvalue weighted by molar-refractivity contribution is 7.11. The van der Waals surface area contributed by atoms with Gasteiger partial charge in [0.15, 0.2) is 0 Å². The largest absolute Gasteiger partial charge is 0.309 e. The molecule has 108 valence electrons. The molecule has 0 aliphatic heterocycles. The van der Waals surface area contributed by atoms with E-state index in [0.717, 1.165) is 23.5 Å². The Balaban J connectivity index is 2.10. The molecule has 1 aromatic heterocycles. The summed E-state index contributed by atoms with van der Waals surface area (Å²) >= 11 is 14.1. The third-order valence-corrected chi connectivity index (χ3v) is 4.98. The van der Waals surface area contributed by atoms with Crippen LogP contribution in [0.3, 0.4) is 0 Å². The van der Waals surface area contributed by atoms with Crippen LogP contribution in [0.25, 0.3) is 0 Å². The third-order valence-electron chi connectivity index (χ3n) is 3.09. The first-order chi connectivity index (χ1) is 9.61. The first-order valence-corrected chi connectivity index (χ1v) is 8.30. The van der Waals surface area contributed by atoms with Crippen molar-refractivity contribution in [1.29, 1.82) is 0 Å². The lowest BCUT2D eigenvalue weighted by Gasteiger charge is -2.09. The molecular formula is C15H18Cl2N2S. The maximum atomic E-state index is 6.20. The Hall–Kier alpha value is -0.610. The van der Waals surface area contributed by atoms with E-state index in [2.05, 4.69) is 24.1 Å². The van der Waals surface area contributed by atoms with Crippen molar-refractivity contribution < 1.29 is 0 Å². The number of rotatable bonds is 6. The van der Waals surface area contributed by atoms with Crippen LogP contribution in [0.15, 0.2) is 24.4 Å². The van der Waals surface area contributed by atoms with Gasteiger partial charge in [0, 0.05) is 33.6 Å². The number of nitrogens with one attached hydrogen (secondary N) is 1. The molecule has 2 rings (SSSR count). The average Bonchev–Trinajstić information content (AvgIpc) is 2.89. The molecule has 2 nitrogen and oxygen atoms in total. The van der Waals surface area contributed by atoms with Gasteiger partial charge in [0.05, 0.1) is 5.01 Å². The molecule has 1 unspecified atom stereocenters. The molecule has 0 fully saturated rings. The lowest BCUT2D eigenvalue weighted by Crippen LogP contribution is -2.18. The van der Waals surface area contributed by atoms with Gasteiger partial charge >= 0.3 is 0 Å². The van der Waals surface area contributed by atoms with Gasteiger partial charge in [-0.25, -0.2) is 4.98 Å². The van der Waals surface area contributed by atoms with Crippen molar-refractivity contribution >= 4 is 34.5 Å². The van der Waals surface area contributed by atoms with Crippen LogP contribution in [0.1, 0.15) is 41.8 Å². The van der Waals surface area contributed by atoms with E-state index in [9.17, 15) is 0 Å². The summed E-state index contributed by atoms with van der Waals surface area (Å²) in [7, 11) is 0. The fourth-order valence-corrected chi connectivity index (χ4v) is 3.41. The molecule has 1 aromatic carbocycles. The summed E-state index contributed by atoms with van der Waals surface area (Å²) in [4.78, 5) is 5.73. The van der Waals surface area contributed by atoms with Crippen LogP contribution in [-0.2, 0) is 6.42 Å². The van der Waals surface area contributed by atoms with Crippen molar-refractivity contribution in [2.24, 2.45) is 0 Å². The van der Waals surface area contributed by atoms with Crippen molar-refractivity contribution in [1.82, 2.24) is 10.3 Å². The minimum absolute atomic E-state index is 0.336. The summed E-state index contributed by atoms with van der Waals surface area (Å²) in [6.45, 7) is 5.34. The van der Waals surface area contributed by atoms with Crippen molar-refractivity contribution in [3.8, 4) is 0 Å². The van der Waals surface area contributed by atoms with E-state index >= 15 is 0 Å². The number of thiazole rings is 1. The second kappa shape index (κ2) is 7.41. The predicted octanol–water partition coefficient (Wildman–Crippen LogP) is 5.10. The van der Waals surface area contributed by atoms with Crippen LogP contribution < -0.4 is 5.32 Å². The SMILES string of the molecule is CCCNC(C)c1cnc(Cc2c(Cl)cccc2Cl)s1. The van der Waals surface area contributed by atoms with Gasteiger partial charge in [-0.2, -0.15) is 0 Å². The third kappa shape index (κ3) is 3.95. The molecule has 1 N–H and O–H groups in total. The highest BCUT2D eigenvalue weighted by atomic mass is 35.5. The van der Waals surface area contributed by atoms with Gasteiger partial charge in [-0.15, -0.1) is 11.3 Å². The Morgan fingerprint density at radius 3 is 2.65 bits per heavy atom. The Kier molecular flexibility index (Phi) is 5.85. The molecule has 20 heavy (non-hydrogen) atoms. The molecule has 2 aromatic rings. The Bertz CT molecular complexity index is 549. The maximum Gasteiger partial charge on any atom is 0.0973 e. The van der Waals surface area contributed by atoms with Crippen molar-refractivity contribution in [3.05, 3.63) is 49.9 Å². The van der Waals surface area contributed by atoms with Crippen LogP contribution in [0, 0.1) is 0 Å². The second-order valence-corrected chi connectivity index (χ2v) is 6.67. The monoisotopic (exact) mass is 328 g/mol. The van der Waals surface area contributed by atoms with Crippen molar-refractivity contribution in [2.75, 3.05) is 6.54 Å². The lowest BCUT2D eigenvalue weighted by atomic mass is 10.1. The molecule has 1 heterocycles. The summed E-state index contributed by atoms with van der Waals surface area (Å²) in [6.07, 6.45) is 3.76. The summed E-state index contributed by atoms with van der Waals surface area (Å²) in [5.41, 5.74) is 0.950. The minimum Gasteiger partial charge on any atom is -0.309 e. The van der Waals surface area contributed by atoms with Gasteiger partial charge < -0.3 is 5.32 Å². The van der Waals surface area contributed by atoms with E-state index in [-0.39, 0.29) is 0 Å². The van der Waals surface area contributed by atoms with Gasteiger partial charge in [0.25, 0.3) is 0 Å². The normalized spacial score (nSPS) is 12.6. The smallest absolute Gasteiger partial charge is 0.0973 e. The summed E-state index contributed by atoms with van der Waals surface area (Å²) < 4.78 is 0. The Morgan fingerprint density at radius 1 is 1.30 bits per heavy atom. The molecule has 1 atom stereocenters. The molecule has 0 spiro atoms. The molecule has 0 saturated heterocycles. The van der Waals surface area contributed by atoms with Gasteiger partial charge in [-0.1, -0.05) is 36.2 Å². The van der Waals surface area contributed by atoms with Gasteiger partial charge in [-0.05, 0) is 37.6 Å². The highest BCUT2D eigenvalue weighted by Crippen LogP contribution is 2.29. The first-order valence-electron chi connectivity index (χ1n) is 6.72. The molecule has 0 amide bonds. The number of nitrogens with zero attached hydrogens (tertiary/aromatic N) is 1. The van der Waals surface area contributed by atoms with E-state index in [0.29, 0.717) is 22.5 Å². The van der Waals surface area contributed by atoms with Crippen LogP contribution >= 0.6 is 34.5 Å². The van der Waals surface area contributed by atoms with Crippen LogP contribution in [-0.4, -0.2) is 11.5 Å². The zero-order valence-corrected chi connectivity index (χ0v) is 13.9. The minimum atomic E-state index is 0.336. The number of hydrogen-bond donors (Lipinski definition) is 1.